The number of ether oxygens (including phenoxy) is 1. The highest BCUT2D eigenvalue weighted by atomic mass is 16.6. The van der Waals surface area contributed by atoms with Crippen molar-refractivity contribution in [3.63, 3.8) is 0 Å². The number of alkyl carbamates (subject to hydrolysis) is 1. The minimum atomic E-state index is -0.505. The van der Waals surface area contributed by atoms with E-state index in [2.05, 4.69) is 10.6 Å². The molecule has 0 bridgehead atoms. The molecule has 0 saturated carbocycles. The SMILES string of the molecule is CC(C)(C)OC(=O)NCCNc1ccc(C#N)cc1N. The predicted molar refractivity (Wildman–Crippen MR) is 78.3 cm³/mol. The molecule has 0 unspecified atom stereocenters. The number of nitrogens with two attached hydrogens (primary N) is 1. The molecule has 0 aliphatic heterocycles. The van der Waals surface area contributed by atoms with Crippen LogP contribution < -0.4 is 16.4 Å². The summed E-state index contributed by atoms with van der Waals surface area (Å²) in [5.74, 6) is 0. The Balaban J connectivity index is 2.35. The fraction of sp³-hybridized carbons (Fsp3) is 0.429. The number of carbonyl (C=O) groups is 1. The number of nitrogens with one attached hydrogen (secondary N) is 2. The number of benzene rings is 1. The molecule has 6 nitrogen and oxygen atoms in total. The fourth-order valence-electron chi connectivity index (χ4n) is 1.47. The van der Waals surface area contributed by atoms with E-state index in [9.17, 15) is 4.79 Å². The molecular formula is C14H20N4O2. The normalized spacial score (nSPS) is 10.5. The van der Waals surface area contributed by atoms with Gasteiger partial charge in [0.05, 0.1) is 23.0 Å². The lowest BCUT2D eigenvalue weighted by atomic mass is 10.2. The summed E-state index contributed by atoms with van der Waals surface area (Å²) >= 11 is 0. The van der Waals surface area contributed by atoms with Gasteiger partial charge in [0.15, 0.2) is 0 Å². The maximum absolute atomic E-state index is 11.4. The van der Waals surface area contributed by atoms with Crippen molar-refractivity contribution in [1.82, 2.24) is 5.32 Å². The molecule has 0 radical (unpaired) electrons. The van der Waals surface area contributed by atoms with Crippen molar-refractivity contribution in [2.75, 3.05) is 24.1 Å². The molecule has 0 heterocycles. The first kappa shape index (κ1) is 15.6. The summed E-state index contributed by atoms with van der Waals surface area (Å²) in [5.41, 5.74) is 7.04. The molecule has 1 aromatic rings. The number of hydrogen-bond acceptors (Lipinski definition) is 5. The number of rotatable bonds is 4. The molecule has 108 valence electrons. The van der Waals surface area contributed by atoms with Gasteiger partial charge in [-0.15, -0.1) is 0 Å². The monoisotopic (exact) mass is 276 g/mol. The number of nitriles is 1. The third kappa shape index (κ3) is 5.48. The molecule has 0 fully saturated rings. The van der Waals surface area contributed by atoms with E-state index in [4.69, 9.17) is 15.7 Å². The number of nitrogen functional groups attached to an aromatic ring is 1. The lowest BCUT2D eigenvalue weighted by molar-refractivity contribution is 0.0530. The van der Waals surface area contributed by atoms with Crippen LogP contribution >= 0.6 is 0 Å². The van der Waals surface area contributed by atoms with Gasteiger partial charge in [-0.2, -0.15) is 5.26 Å². The van der Waals surface area contributed by atoms with Crippen LogP contribution in [0.4, 0.5) is 16.2 Å². The molecule has 0 atom stereocenters. The Kier molecular flexibility index (Phi) is 5.21. The highest BCUT2D eigenvalue weighted by Gasteiger charge is 2.15. The first-order valence-corrected chi connectivity index (χ1v) is 6.32. The molecule has 0 aliphatic rings. The Bertz CT molecular complexity index is 515. The van der Waals surface area contributed by atoms with Gasteiger partial charge in [0.2, 0.25) is 0 Å². The van der Waals surface area contributed by atoms with Crippen LogP contribution in [0, 0.1) is 11.3 Å². The molecule has 1 amide bonds. The minimum absolute atomic E-state index is 0.411. The Hall–Kier alpha value is -2.42. The molecule has 0 saturated heterocycles. The third-order valence-electron chi connectivity index (χ3n) is 2.29. The van der Waals surface area contributed by atoms with Crippen molar-refractivity contribution >= 4 is 17.5 Å². The van der Waals surface area contributed by atoms with Crippen LogP contribution in [0.3, 0.4) is 0 Å². The zero-order valence-electron chi connectivity index (χ0n) is 12.0. The van der Waals surface area contributed by atoms with Crippen molar-refractivity contribution in [2.45, 2.75) is 26.4 Å². The second-order valence-corrected chi connectivity index (χ2v) is 5.27. The highest BCUT2D eigenvalue weighted by molar-refractivity contribution is 5.69. The Morgan fingerprint density at radius 1 is 1.40 bits per heavy atom. The van der Waals surface area contributed by atoms with E-state index in [0.29, 0.717) is 24.3 Å². The molecule has 1 aromatic carbocycles. The summed E-state index contributed by atoms with van der Waals surface area (Å²) in [6.45, 7) is 6.34. The van der Waals surface area contributed by atoms with Crippen LogP contribution in [0.1, 0.15) is 26.3 Å². The molecule has 4 N–H and O–H groups in total. The van der Waals surface area contributed by atoms with E-state index >= 15 is 0 Å². The van der Waals surface area contributed by atoms with Gasteiger partial charge in [0.1, 0.15) is 5.60 Å². The van der Waals surface area contributed by atoms with E-state index in [1.165, 1.54) is 0 Å². The standard InChI is InChI=1S/C14H20N4O2/c1-14(2,3)20-13(19)18-7-6-17-12-5-4-10(9-15)8-11(12)16/h4-5,8,17H,6-7,16H2,1-3H3,(H,18,19). The van der Waals surface area contributed by atoms with Crippen LogP contribution in [0.2, 0.25) is 0 Å². The van der Waals surface area contributed by atoms with Crippen LogP contribution in [0.5, 0.6) is 0 Å². The Morgan fingerprint density at radius 2 is 2.10 bits per heavy atom. The average molecular weight is 276 g/mol. The number of amides is 1. The fourth-order valence-corrected chi connectivity index (χ4v) is 1.47. The zero-order chi connectivity index (χ0) is 15.2. The van der Waals surface area contributed by atoms with Gasteiger partial charge in [-0.1, -0.05) is 0 Å². The number of anilines is 2. The summed E-state index contributed by atoms with van der Waals surface area (Å²) < 4.78 is 5.11. The number of nitrogens with zero attached hydrogens (tertiary/aromatic N) is 1. The molecular weight excluding hydrogens is 256 g/mol. The van der Waals surface area contributed by atoms with Crippen molar-refractivity contribution in [2.24, 2.45) is 0 Å². The second-order valence-electron chi connectivity index (χ2n) is 5.27. The summed E-state index contributed by atoms with van der Waals surface area (Å²) in [5, 5.41) is 14.4. The maximum atomic E-state index is 11.4. The molecule has 0 aliphatic carbocycles. The molecule has 0 aromatic heterocycles. The van der Waals surface area contributed by atoms with Crippen molar-refractivity contribution < 1.29 is 9.53 Å². The van der Waals surface area contributed by atoms with E-state index < -0.39 is 11.7 Å². The average Bonchev–Trinajstić information content (AvgIpc) is 2.33. The van der Waals surface area contributed by atoms with Gasteiger partial charge in [-0.25, -0.2) is 4.79 Å². The van der Waals surface area contributed by atoms with Gasteiger partial charge in [0.25, 0.3) is 0 Å². The Labute approximate surface area is 118 Å². The molecule has 20 heavy (non-hydrogen) atoms. The first-order chi connectivity index (χ1) is 9.31. The second kappa shape index (κ2) is 6.66. The minimum Gasteiger partial charge on any atom is -0.444 e. The smallest absolute Gasteiger partial charge is 0.407 e. The topological polar surface area (TPSA) is 100 Å². The van der Waals surface area contributed by atoms with E-state index in [1.807, 2.05) is 26.8 Å². The highest BCUT2D eigenvalue weighted by Crippen LogP contribution is 2.18. The summed E-state index contributed by atoms with van der Waals surface area (Å²) in [4.78, 5) is 11.4. The molecule has 0 spiro atoms. The first-order valence-electron chi connectivity index (χ1n) is 6.32. The third-order valence-corrected chi connectivity index (χ3v) is 2.29. The summed E-state index contributed by atoms with van der Waals surface area (Å²) in [7, 11) is 0. The zero-order valence-corrected chi connectivity index (χ0v) is 12.0. The van der Waals surface area contributed by atoms with Crippen LogP contribution in [0.25, 0.3) is 0 Å². The van der Waals surface area contributed by atoms with Crippen LogP contribution in [-0.4, -0.2) is 24.8 Å². The van der Waals surface area contributed by atoms with Crippen LogP contribution in [0.15, 0.2) is 18.2 Å². The Morgan fingerprint density at radius 3 is 2.65 bits per heavy atom. The lowest BCUT2D eigenvalue weighted by Crippen LogP contribution is -2.35. The number of hydrogen-bond donors (Lipinski definition) is 3. The van der Waals surface area contributed by atoms with Gasteiger partial charge in [-0.05, 0) is 39.0 Å². The van der Waals surface area contributed by atoms with E-state index in [-0.39, 0.29) is 0 Å². The molecule has 1 rings (SSSR count). The van der Waals surface area contributed by atoms with E-state index in [1.54, 1.807) is 18.2 Å². The van der Waals surface area contributed by atoms with E-state index in [0.717, 1.165) is 5.69 Å². The maximum Gasteiger partial charge on any atom is 0.407 e. The van der Waals surface area contributed by atoms with Crippen molar-refractivity contribution in [3.05, 3.63) is 23.8 Å². The van der Waals surface area contributed by atoms with Gasteiger partial charge in [-0.3, -0.25) is 0 Å². The van der Waals surface area contributed by atoms with Gasteiger partial charge < -0.3 is 21.1 Å². The van der Waals surface area contributed by atoms with Gasteiger partial charge >= 0.3 is 6.09 Å². The van der Waals surface area contributed by atoms with Gasteiger partial charge in [0, 0.05) is 13.1 Å². The predicted octanol–water partition coefficient (Wildman–Crippen LogP) is 2.08. The van der Waals surface area contributed by atoms with Crippen molar-refractivity contribution in [3.8, 4) is 6.07 Å². The largest absolute Gasteiger partial charge is 0.444 e. The molecule has 6 heteroatoms. The van der Waals surface area contributed by atoms with Crippen molar-refractivity contribution in [1.29, 1.82) is 5.26 Å². The van der Waals surface area contributed by atoms with Crippen LogP contribution in [-0.2, 0) is 4.74 Å². The lowest BCUT2D eigenvalue weighted by Gasteiger charge is -2.19. The summed E-state index contributed by atoms with van der Waals surface area (Å²) in [6.07, 6.45) is -0.452. The quantitative estimate of drug-likeness (QED) is 0.577. The number of carbonyl (C=O) groups excluding carboxylic acids is 1. The summed E-state index contributed by atoms with van der Waals surface area (Å²) in [6, 6.07) is 7.04.